The van der Waals surface area contributed by atoms with E-state index in [2.05, 4.69) is 6.07 Å². The van der Waals surface area contributed by atoms with Crippen LogP contribution in [0.2, 0.25) is 0 Å². The quantitative estimate of drug-likeness (QED) is 0.625. The van der Waals surface area contributed by atoms with Gasteiger partial charge in [0.25, 0.3) is 0 Å². The maximum Gasteiger partial charge on any atom is 0.139 e. The number of hydrogen-bond acceptors (Lipinski definition) is 2. The van der Waals surface area contributed by atoms with Crippen LogP contribution in [0.25, 0.3) is 11.0 Å². The Morgan fingerprint density at radius 2 is 1.77 bits per heavy atom. The fourth-order valence-electron chi connectivity index (χ4n) is 1.69. The van der Waals surface area contributed by atoms with Gasteiger partial charge in [-0.2, -0.15) is 0 Å². The zero-order chi connectivity index (χ0) is 9.59. The van der Waals surface area contributed by atoms with Crippen molar-refractivity contribution in [2.75, 3.05) is 5.73 Å². The minimum Gasteiger partial charge on any atom is -0.461 e. The first-order chi connectivity index (χ1) is 6.09. The number of aryl methyl sites for hydroxylation is 3. The van der Waals surface area contributed by atoms with Gasteiger partial charge in [0.2, 0.25) is 0 Å². The van der Waals surface area contributed by atoms with Gasteiger partial charge in [-0.25, -0.2) is 0 Å². The van der Waals surface area contributed by atoms with Crippen molar-refractivity contribution in [2.24, 2.45) is 0 Å². The van der Waals surface area contributed by atoms with E-state index in [1.54, 1.807) is 0 Å². The average Bonchev–Trinajstić information content (AvgIpc) is 2.44. The molecule has 0 amide bonds. The van der Waals surface area contributed by atoms with Gasteiger partial charge in [0.05, 0.1) is 0 Å². The summed E-state index contributed by atoms with van der Waals surface area (Å²) in [4.78, 5) is 0. The van der Waals surface area contributed by atoms with E-state index in [9.17, 15) is 0 Å². The minimum atomic E-state index is 0.831. The van der Waals surface area contributed by atoms with Gasteiger partial charge >= 0.3 is 0 Å². The molecule has 68 valence electrons. The Labute approximate surface area is 77.3 Å². The Bertz CT molecular complexity index is 468. The second-order valence-corrected chi connectivity index (χ2v) is 3.52. The van der Waals surface area contributed by atoms with Crippen molar-refractivity contribution in [1.82, 2.24) is 0 Å². The highest BCUT2D eigenvalue weighted by atomic mass is 16.3. The average molecular weight is 175 g/mol. The summed E-state index contributed by atoms with van der Waals surface area (Å²) in [6, 6.07) is 4.05. The molecular formula is C11H13NO. The number of rotatable bonds is 0. The first-order valence-corrected chi connectivity index (χ1v) is 4.35. The molecule has 0 bridgehead atoms. The number of nitrogens with two attached hydrogens (primary N) is 1. The van der Waals surface area contributed by atoms with E-state index in [1.165, 1.54) is 0 Å². The van der Waals surface area contributed by atoms with Gasteiger partial charge in [-0.05, 0) is 38.0 Å². The Hall–Kier alpha value is -1.44. The summed E-state index contributed by atoms with van der Waals surface area (Å²) in [6.45, 7) is 6.00. The van der Waals surface area contributed by atoms with Gasteiger partial charge in [-0.3, -0.25) is 0 Å². The summed E-state index contributed by atoms with van der Waals surface area (Å²) < 4.78 is 5.55. The Balaban J connectivity index is 2.95. The largest absolute Gasteiger partial charge is 0.461 e. The van der Waals surface area contributed by atoms with E-state index in [0.717, 1.165) is 33.5 Å². The monoisotopic (exact) mass is 175 g/mol. The van der Waals surface area contributed by atoms with Crippen LogP contribution in [0, 0.1) is 20.8 Å². The molecule has 0 aliphatic rings. The molecule has 0 fully saturated rings. The first kappa shape index (κ1) is 8.17. The Morgan fingerprint density at radius 1 is 1.08 bits per heavy atom. The number of benzene rings is 1. The maximum atomic E-state index is 5.94. The van der Waals surface area contributed by atoms with Gasteiger partial charge in [0, 0.05) is 11.1 Å². The highest BCUT2D eigenvalue weighted by Crippen LogP contribution is 2.30. The van der Waals surface area contributed by atoms with E-state index in [-0.39, 0.29) is 0 Å². The number of furan rings is 1. The van der Waals surface area contributed by atoms with E-state index < -0.39 is 0 Å². The van der Waals surface area contributed by atoms with Gasteiger partial charge in [-0.15, -0.1) is 0 Å². The van der Waals surface area contributed by atoms with Crippen LogP contribution in [-0.2, 0) is 0 Å². The smallest absolute Gasteiger partial charge is 0.139 e. The lowest BCUT2D eigenvalue weighted by atomic mass is 10.1. The molecule has 2 N–H and O–H groups in total. The lowest BCUT2D eigenvalue weighted by Crippen LogP contribution is -1.90. The van der Waals surface area contributed by atoms with Crippen LogP contribution in [0.4, 0.5) is 5.69 Å². The van der Waals surface area contributed by atoms with Crippen molar-refractivity contribution < 1.29 is 4.42 Å². The summed E-state index contributed by atoms with van der Waals surface area (Å²) in [7, 11) is 0. The predicted octanol–water partition coefficient (Wildman–Crippen LogP) is 2.94. The van der Waals surface area contributed by atoms with Gasteiger partial charge in [0.15, 0.2) is 0 Å². The lowest BCUT2D eigenvalue weighted by molar-refractivity contribution is 0.576. The van der Waals surface area contributed by atoms with Gasteiger partial charge < -0.3 is 10.2 Å². The molecule has 0 unspecified atom stereocenters. The molecule has 0 aliphatic carbocycles. The molecule has 1 aromatic carbocycles. The van der Waals surface area contributed by atoms with Crippen molar-refractivity contribution in [1.29, 1.82) is 0 Å². The van der Waals surface area contributed by atoms with Crippen LogP contribution in [0.1, 0.15) is 16.9 Å². The summed E-state index contributed by atoms with van der Waals surface area (Å²) >= 11 is 0. The third kappa shape index (κ3) is 1.10. The lowest BCUT2D eigenvalue weighted by Gasteiger charge is -2.02. The molecule has 2 heteroatoms. The zero-order valence-corrected chi connectivity index (χ0v) is 8.14. The highest BCUT2D eigenvalue weighted by Gasteiger charge is 2.08. The van der Waals surface area contributed by atoms with Crippen LogP contribution in [0.3, 0.4) is 0 Å². The summed E-state index contributed by atoms with van der Waals surface area (Å²) in [5.74, 6) is 0.912. The second-order valence-electron chi connectivity index (χ2n) is 3.52. The van der Waals surface area contributed by atoms with E-state index >= 15 is 0 Å². The van der Waals surface area contributed by atoms with Gasteiger partial charge in [0.1, 0.15) is 11.3 Å². The van der Waals surface area contributed by atoms with Crippen molar-refractivity contribution in [3.05, 3.63) is 29.0 Å². The number of nitrogen functional groups attached to an aromatic ring is 1. The fraction of sp³-hybridized carbons (Fsp3) is 0.273. The predicted molar refractivity (Wildman–Crippen MR) is 54.8 cm³/mol. The topological polar surface area (TPSA) is 39.2 Å². The zero-order valence-electron chi connectivity index (χ0n) is 8.14. The third-order valence-corrected chi connectivity index (χ3v) is 2.36. The van der Waals surface area contributed by atoms with Crippen molar-refractivity contribution >= 4 is 16.7 Å². The van der Waals surface area contributed by atoms with Crippen molar-refractivity contribution in [2.45, 2.75) is 20.8 Å². The molecular weight excluding hydrogens is 162 g/mol. The summed E-state index contributed by atoms with van der Waals surface area (Å²) in [5, 5.41) is 1.04. The molecule has 0 atom stereocenters. The van der Waals surface area contributed by atoms with Crippen LogP contribution >= 0.6 is 0 Å². The molecule has 0 saturated carbocycles. The SMILES string of the molecule is Cc1cc2c(N)c(C)cc(C)c2o1. The standard InChI is InChI=1S/C11H13NO/c1-6-4-7(2)11-9(10(6)12)5-8(3)13-11/h4-5H,12H2,1-3H3. The molecule has 0 radical (unpaired) electrons. The summed E-state index contributed by atoms with van der Waals surface area (Å²) in [5.41, 5.74) is 9.95. The first-order valence-electron chi connectivity index (χ1n) is 4.35. The molecule has 1 heterocycles. The van der Waals surface area contributed by atoms with Crippen molar-refractivity contribution in [3.8, 4) is 0 Å². The second kappa shape index (κ2) is 2.52. The highest BCUT2D eigenvalue weighted by molar-refractivity contribution is 5.93. The third-order valence-electron chi connectivity index (χ3n) is 2.36. The molecule has 2 nitrogen and oxygen atoms in total. The van der Waals surface area contributed by atoms with Crippen LogP contribution in [0.15, 0.2) is 16.5 Å². The fourth-order valence-corrected chi connectivity index (χ4v) is 1.69. The molecule has 0 spiro atoms. The normalized spacial score (nSPS) is 11.0. The molecule has 0 aliphatic heterocycles. The van der Waals surface area contributed by atoms with E-state index in [0.29, 0.717) is 0 Å². The van der Waals surface area contributed by atoms with Crippen LogP contribution in [0.5, 0.6) is 0 Å². The minimum absolute atomic E-state index is 0.831. The molecule has 0 saturated heterocycles. The van der Waals surface area contributed by atoms with Crippen molar-refractivity contribution in [3.63, 3.8) is 0 Å². The van der Waals surface area contributed by atoms with Crippen LogP contribution < -0.4 is 5.73 Å². The molecule has 2 rings (SSSR count). The maximum absolute atomic E-state index is 5.94. The number of hydrogen-bond donors (Lipinski definition) is 1. The Morgan fingerprint density at radius 3 is 2.46 bits per heavy atom. The summed E-state index contributed by atoms with van der Waals surface area (Å²) in [6.07, 6.45) is 0. The molecule has 13 heavy (non-hydrogen) atoms. The van der Waals surface area contributed by atoms with E-state index in [1.807, 2.05) is 26.8 Å². The molecule has 2 aromatic rings. The number of anilines is 1. The van der Waals surface area contributed by atoms with Crippen LogP contribution in [-0.4, -0.2) is 0 Å². The van der Waals surface area contributed by atoms with Gasteiger partial charge in [-0.1, -0.05) is 6.07 Å². The Kier molecular flexibility index (Phi) is 1.59. The number of fused-ring (bicyclic) bond motifs is 1. The van der Waals surface area contributed by atoms with E-state index in [4.69, 9.17) is 10.2 Å². The molecule has 1 aromatic heterocycles.